The molecule has 0 saturated heterocycles. The van der Waals surface area contributed by atoms with Gasteiger partial charge in [-0.05, 0) is 38.8 Å². The van der Waals surface area contributed by atoms with Gasteiger partial charge in [-0.25, -0.2) is 8.42 Å². The Balaban J connectivity index is 2.61. The van der Waals surface area contributed by atoms with E-state index in [2.05, 4.69) is 6.58 Å². The van der Waals surface area contributed by atoms with Crippen molar-refractivity contribution in [3.05, 3.63) is 54.1 Å². The highest BCUT2D eigenvalue weighted by molar-refractivity contribution is 7.91. The summed E-state index contributed by atoms with van der Waals surface area (Å²) in [6.45, 7) is 7.35. The van der Waals surface area contributed by atoms with Gasteiger partial charge in [0.15, 0.2) is 9.84 Å². The van der Waals surface area contributed by atoms with Gasteiger partial charge in [0.05, 0.1) is 16.8 Å². The van der Waals surface area contributed by atoms with Crippen molar-refractivity contribution in [3.8, 4) is 0 Å². The molecule has 20 heavy (non-hydrogen) atoms. The third kappa shape index (κ3) is 5.31. The summed E-state index contributed by atoms with van der Waals surface area (Å²) in [7, 11) is -3.27. The fourth-order valence-corrected chi connectivity index (χ4v) is 2.96. The molecule has 0 unspecified atom stereocenters. The average Bonchev–Trinajstić information content (AvgIpc) is 2.43. The molecule has 0 saturated carbocycles. The maximum absolute atomic E-state index is 12.1. The van der Waals surface area contributed by atoms with Crippen LogP contribution < -0.4 is 0 Å². The summed E-state index contributed by atoms with van der Waals surface area (Å²) >= 11 is 0. The van der Waals surface area contributed by atoms with Crippen molar-refractivity contribution >= 4 is 9.84 Å². The Morgan fingerprint density at radius 2 is 1.90 bits per heavy atom. The van der Waals surface area contributed by atoms with E-state index < -0.39 is 15.9 Å². The van der Waals surface area contributed by atoms with E-state index in [0.29, 0.717) is 17.7 Å². The summed E-state index contributed by atoms with van der Waals surface area (Å²) in [5, 5.41) is 9.64. The van der Waals surface area contributed by atoms with Crippen LogP contribution in [0.3, 0.4) is 0 Å². The summed E-state index contributed by atoms with van der Waals surface area (Å²) in [5.74, 6) is -0.00792. The molecule has 0 aliphatic rings. The highest BCUT2D eigenvalue weighted by Gasteiger charge is 2.12. The monoisotopic (exact) mass is 294 g/mol. The van der Waals surface area contributed by atoms with Crippen LogP contribution in [0.15, 0.2) is 59.0 Å². The Bertz CT molecular complexity index is 571. The molecule has 110 valence electrons. The molecule has 0 spiro atoms. The van der Waals surface area contributed by atoms with Crippen molar-refractivity contribution < 1.29 is 13.5 Å². The van der Waals surface area contributed by atoms with E-state index in [4.69, 9.17) is 0 Å². The van der Waals surface area contributed by atoms with Gasteiger partial charge in [0.1, 0.15) is 0 Å². The first-order valence-corrected chi connectivity index (χ1v) is 8.25. The SMILES string of the molecule is C=C(C)[C@@H](O)CC/C(C)=C/CS(=O)(=O)c1ccccc1. The largest absolute Gasteiger partial charge is 0.389 e. The first kappa shape index (κ1) is 16.7. The zero-order valence-electron chi connectivity index (χ0n) is 12.0. The van der Waals surface area contributed by atoms with Gasteiger partial charge in [-0.15, -0.1) is 0 Å². The number of aliphatic hydroxyl groups is 1. The fourth-order valence-electron chi connectivity index (χ4n) is 1.69. The van der Waals surface area contributed by atoms with E-state index in [-0.39, 0.29) is 5.75 Å². The molecule has 1 rings (SSSR count). The smallest absolute Gasteiger partial charge is 0.181 e. The van der Waals surface area contributed by atoms with Gasteiger partial charge in [-0.3, -0.25) is 0 Å². The highest BCUT2D eigenvalue weighted by atomic mass is 32.2. The van der Waals surface area contributed by atoms with Crippen LogP contribution in [0.4, 0.5) is 0 Å². The Morgan fingerprint density at radius 1 is 1.30 bits per heavy atom. The zero-order chi connectivity index (χ0) is 15.2. The second kappa shape index (κ2) is 7.41. The van der Waals surface area contributed by atoms with Crippen molar-refractivity contribution in [1.29, 1.82) is 0 Å². The molecule has 0 aliphatic carbocycles. The third-order valence-corrected chi connectivity index (χ3v) is 4.73. The molecule has 4 heteroatoms. The highest BCUT2D eigenvalue weighted by Crippen LogP contribution is 2.14. The lowest BCUT2D eigenvalue weighted by molar-refractivity contribution is 0.201. The van der Waals surface area contributed by atoms with E-state index >= 15 is 0 Å². The molecule has 0 bridgehead atoms. The van der Waals surface area contributed by atoms with Crippen LogP contribution in [0.1, 0.15) is 26.7 Å². The molecule has 0 heterocycles. The lowest BCUT2D eigenvalue weighted by atomic mass is 10.0. The van der Waals surface area contributed by atoms with E-state index in [1.54, 1.807) is 43.3 Å². The summed E-state index contributed by atoms with van der Waals surface area (Å²) in [4.78, 5) is 0.339. The number of benzene rings is 1. The number of hydrogen-bond donors (Lipinski definition) is 1. The van der Waals surface area contributed by atoms with Crippen LogP contribution in [0, 0.1) is 0 Å². The molecule has 1 aromatic carbocycles. The molecule has 0 amide bonds. The Kier molecular flexibility index (Phi) is 6.17. The minimum atomic E-state index is -3.27. The summed E-state index contributed by atoms with van der Waals surface area (Å²) < 4.78 is 24.1. The van der Waals surface area contributed by atoms with E-state index in [1.807, 2.05) is 6.92 Å². The summed E-state index contributed by atoms with van der Waals surface area (Å²) in [6, 6.07) is 8.42. The standard InChI is InChI=1S/C16H22O3S/c1-13(2)16(17)10-9-14(3)11-12-20(18,19)15-7-5-4-6-8-15/h4-8,11,16-17H,1,9-10,12H2,2-3H3/b14-11+/t16-/m0/s1. The maximum Gasteiger partial charge on any atom is 0.181 e. The number of allylic oxidation sites excluding steroid dienone is 1. The quantitative estimate of drug-likeness (QED) is 0.786. The normalized spacial score (nSPS) is 14.1. The molecule has 1 aromatic rings. The lowest BCUT2D eigenvalue weighted by Crippen LogP contribution is -2.08. The maximum atomic E-state index is 12.1. The van der Waals surface area contributed by atoms with Gasteiger partial charge in [0, 0.05) is 0 Å². The third-order valence-electron chi connectivity index (χ3n) is 3.13. The topological polar surface area (TPSA) is 54.4 Å². The number of aliphatic hydroxyl groups excluding tert-OH is 1. The van der Waals surface area contributed by atoms with E-state index in [9.17, 15) is 13.5 Å². The van der Waals surface area contributed by atoms with E-state index in [1.165, 1.54) is 0 Å². The number of hydrogen-bond acceptors (Lipinski definition) is 3. The van der Waals surface area contributed by atoms with Crippen LogP contribution in [-0.4, -0.2) is 25.4 Å². The molecular weight excluding hydrogens is 272 g/mol. The molecule has 3 nitrogen and oxygen atoms in total. The molecular formula is C16H22O3S. The molecule has 0 fully saturated rings. The predicted molar refractivity (Wildman–Crippen MR) is 82.3 cm³/mol. The Morgan fingerprint density at radius 3 is 2.45 bits per heavy atom. The first-order chi connectivity index (χ1) is 9.33. The van der Waals surface area contributed by atoms with Crippen LogP contribution in [0.5, 0.6) is 0 Å². The van der Waals surface area contributed by atoms with Crippen molar-refractivity contribution in [1.82, 2.24) is 0 Å². The Labute approximate surface area is 121 Å². The van der Waals surface area contributed by atoms with Gasteiger partial charge in [-0.1, -0.05) is 42.0 Å². The fraction of sp³-hybridized carbons (Fsp3) is 0.375. The van der Waals surface area contributed by atoms with Gasteiger partial charge >= 0.3 is 0 Å². The zero-order valence-corrected chi connectivity index (χ0v) is 12.9. The second-order valence-electron chi connectivity index (χ2n) is 5.05. The molecule has 0 aliphatic heterocycles. The summed E-state index contributed by atoms with van der Waals surface area (Å²) in [5.41, 5.74) is 1.69. The van der Waals surface area contributed by atoms with Crippen LogP contribution in [0.2, 0.25) is 0 Å². The number of rotatable bonds is 7. The minimum absolute atomic E-state index is 0.00792. The van der Waals surface area contributed by atoms with Crippen molar-refractivity contribution in [2.24, 2.45) is 0 Å². The summed E-state index contributed by atoms with van der Waals surface area (Å²) in [6.07, 6.45) is 2.43. The van der Waals surface area contributed by atoms with Gasteiger partial charge < -0.3 is 5.11 Å². The van der Waals surface area contributed by atoms with Crippen molar-refractivity contribution in [3.63, 3.8) is 0 Å². The molecule has 0 radical (unpaired) electrons. The molecule has 1 atom stereocenters. The van der Waals surface area contributed by atoms with Crippen molar-refractivity contribution in [2.45, 2.75) is 37.7 Å². The minimum Gasteiger partial charge on any atom is -0.389 e. The van der Waals surface area contributed by atoms with Crippen molar-refractivity contribution in [2.75, 3.05) is 5.75 Å². The van der Waals surface area contributed by atoms with Crippen LogP contribution in [0.25, 0.3) is 0 Å². The number of sulfone groups is 1. The van der Waals surface area contributed by atoms with Gasteiger partial charge in [0.25, 0.3) is 0 Å². The average molecular weight is 294 g/mol. The second-order valence-corrected chi connectivity index (χ2v) is 7.08. The van der Waals surface area contributed by atoms with Crippen LogP contribution >= 0.6 is 0 Å². The lowest BCUT2D eigenvalue weighted by Gasteiger charge is -2.10. The first-order valence-electron chi connectivity index (χ1n) is 6.60. The van der Waals surface area contributed by atoms with Crippen LogP contribution in [-0.2, 0) is 9.84 Å². The van der Waals surface area contributed by atoms with Gasteiger partial charge in [0.2, 0.25) is 0 Å². The molecule has 1 N–H and O–H groups in total. The Hall–Kier alpha value is -1.39. The molecule has 0 aromatic heterocycles. The van der Waals surface area contributed by atoms with Gasteiger partial charge in [-0.2, -0.15) is 0 Å². The van der Waals surface area contributed by atoms with E-state index in [0.717, 1.165) is 11.1 Å². The predicted octanol–water partition coefficient (Wildman–Crippen LogP) is 3.12.